The maximum absolute atomic E-state index is 10.7. The molecule has 4 heteroatoms. The van der Waals surface area contributed by atoms with Crippen molar-refractivity contribution in [2.24, 2.45) is 0 Å². The Bertz CT molecular complexity index is 465. The first-order valence-corrected chi connectivity index (χ1v) is 7.80. The molecule has 0 bridgehead atoms. The lowest BCUT2D eigenvalue weighted by atomic mass is 10.1. The van der Waals surface area contributed by atoms with Crippen LogP contribution < -0.4 is 5.11 Å². The third kappa shape index (κ3) is 3.79. The summed E-state index contributed by atoms with van der Waals surface area (Å²) in [5.41, 5.74) is 0.896. The third-order valence-electron chi connectivity index (χ3n) is 2.70. The van der Waals surface area contributed by atoms with Gasteiger partial charge in [0.1, 0.15) is 11.5 Å². The highest BCUT2D eigenvalue weighted by molar-refractivity contribution is 7.96. The lowest BCUT2D eigenvalue weighted by Gasteiger charge is -2.07. The summed E-state index contributed by atoms with van der Waals surface area (Å²) in [6, 6.07) is 5.83. The normalized spacial score (nSPS) is 11.9. The number of benzene rings is 1. The quantitative estimate of drug-likeness (QED) is 0.616. The van der Waals surface area contributed by atoms with Crippen molar-refractivity contribution < 1.29 is 9.90 Å². The summed E-state index contributed by atoms with van der Waals surface area (Å²) >= 11 is 6.18. The first kappa shape index (κ1) is 15.1. The minimum Gasteiger partial charge on any atom is -0.545 e. The molecule has 0 unspecified atom stereocenters. The molecule has 0 saturated carbocycles. The second-order valence-electron chi connectivity index (χ2n) is 3.87. The fourth-order valence-electron chi connectivity index (χ4n) is 1.63. The molecule has 0 aliphatic carbocycles. The maximum Gasteiger partial charge on any atom is 0.156 e. The molecule has 98 valence electrons. The Morgan fingerprint density at radius 1 is 1.39 bits per heavy atom. The van der Waals surface area contributed by atoms with Gasteiger partial charge < -0.3 is 9.90 Å². The summed E-state index contributed by atoms with van der Waals surface area (Å²) < 4.78 is 0. The highest BCUT2D eigenvalue weighted by Crippen LogP contribution is 2.24. The smallest absolute Gasteiger partial charge is 0.156 e. The van der Waals surface area contributed by atoms with Gasteiger partial charge in [-0.15, -0.1) is 0 Å². The van der Waals surface area contributed by atoms with Gasteiger partial charge in [-0.25, -0.2) is 0 Å². The molecule has 0 atom stereocenters. The zero-order valence-corrected chi connectivity index (χ0v) is 12.4. The Morgan fingerprint density at radius 3 is 2.44 bits per heavy atom. The van der Waals surface area contributed by atoms with Crippen LogP contribution >= 0.6 is 11.6 Å². The highest BCUT2D eigenvalue weighted by Gasteiger charge is 2.17. The maximum atomic E-state index is 10.7. The number of carboxylic acids is 1. The van der Waals surface area contributed by atoms with Gasteiger partial charge in [-0.3, -0.25) is 0 Å². The number of aliphatic carboxylic acids is 1. The van der Waals surface area contributed by atoms with Crippen LogP contribution in [0.2, 0.25) is 5.02 Å². The average Bonchev–Trinajstić information content (AvgIpc) is 2.33. The molecule has 1 rings (SSSR count). The van der Waals surface area contributed by atoms with Crippen LogP contribution in [0.3, 0.4) is 0 Å². The van der Waals surface area contributed by atoms with Crippen LogP contribution in [0.1, 0.15) is 26.3 Å². The molecular formula is C14H17ClO2S. The Balaban J connectivity index is 3.07. The first-order valence-electron chi connectivity index (χ1n) is 5.86. The van der Waals surface area contributed by atoms with Crippen molar-refractivity contribution in [2.45, 2.75) is 25.7 Å². The molecule has 0 heterocycles. The molecule has 0 fully saturated rings. The zero-order valence-electron chi connectivity index (χ0n) is 10.8. The van der Waals surface area contributed by atoms with Gasteiger partial charge in [-0.05, 0) is 50.1 Å². The van der Waals surface area contributed by atoms with Crippen molar-refractivity contribution in [3.8, 4) is 0 Å². The van der Waals surface area contributed by atoms with Crippen LogP contribution in [0.15, 0.2) is 28.7 Å². The number of hydrogen-bond donors (Lipinski definition) is 0. The van der Waals surface area contributed by atoms with Crippen molar-refractivity contribution in [1.29, 1.82) is 0 Å². The fourth-order valence-corrected chi connectivity index (χ4v) is 3.55. The van der Waals surface area contributed by atoms with E-state index in [1.807, 2.05) is 18.2 Å². The third-order valence-corrected chi connectivity index (χ3v) is 5.34. The van der Waals surface area contributed by atoms with Gasteiger partial charge in [0.05, 0.1) is 11.0 Å². The summed E-state index contributed by atoms with van der Waals surface area (Å²) in [4.78, 5) is 11.9. The van der Waals surface area contributed by atoms with E-state index in [2.05, 4.69) is 13.8 Å². The molecule has 0 aromatic heterocycles. The highest BCUT2D eigenvalue weighted by atomic mass is 35.5. The van der Waals surface area contributed by atoms with Gasteiger partial charge in [0, 0.05) is 17.0 Å². The molecule has 0 radical (unpaired) electrons. The summed E-state index contributed by atoms with van der Waals surface area (Å²) in [5, 5.41) is 11.3. The molecule has 0 saturated heterocycles. The van der Waals surface area contributed by atoms with E-state index >= 15 is 0 Å². The molecule has 18 heavy (non-hydrogen) atoms. The van der Waals surface area contributed by atoms with E-state index in [9.17, 15) is 9.90 Å². The number of carboxylic acid groups (broad SMARTS) is 1. The minimum absolute atomic E-state index is 0.176. The van der Waals surface area contributed by atoms with Crippen LogP contribution in [0.5, 0.6) is 0 Å². The molecule has 1 aromatic carbocycles. The van der Waals surface area contributed by atoms with E-state index in [0.717, 1.165) is 17.1 Å². The van der Waals surface area contributed by atoms with E-state index in [4.69, 9.17) is 11.6 Å². The van der Waals surface area contributed by atoms with Gasteiger partial charge in [0.2, 0.25) is 0 Å². The average molecular weight is 285 g/mol. The number of hydrogen-bond acceptors (Lipinski definition) is 2. The Kier molecular flexibility index (Phi) is 5.76. The molecule has 0 aliphatic rings. The Hall–Kier alpha value is -0.930. The van der Waals surface area contributed by atoms with Crippen molar-refractivity contribution in [3.63, 3.8) is 0 Å². The molecule has 0 aliphatic heterocycles. The monoisotopic (exact) mass is 284 g/mol. The molecule has 0 spiro atoms. The van der Waals surface area contributed by atoms with Gasteiger partial charge in [0.25, 0.3) is 0 Å². The van der Waals surface area contributed by atoms with Gasteiger partial charge in [-0.2, -0.15) is 0 Å². The van der Waals surface area contributed by atoms with E-state index in [1.54, 1.807) is 0 Å². The van der Waals surface area contributed by atoms with E-state index in [0.29, 0.717) is 5.02 Å². The van der Waals surface area contributed by atoms with Gasteiger partial charge in [0.15, 0.2) is 4.90 Å². The molecule has 1 aromatic rings. The fraction of sp³-hybridized carbons (Fsp3) is 0.357. The van der Waals surface area contributed by atoms with Crippen molar-refractivity contribution in [2.75, 3.05) is 11.5 Å². The number of carbonyl (C=O) groups excluding carboxylic acids is 1. The molecule has 0 amide bonds. The SMILES string of the molecule is CC[S+](CC)c1ccc(C=C(C)C(=O)[O-])c(Cl)c1. The van der Waals surface area contributed by atoms with Crippen molar-refractivity contribution in [3.05, 3.63) is 34.4 Å². The first-order chi connectivity index (χ1) is 8.49. The second kappa shape index (κ2) is 6.86. The largest absolute Gasteiger partial charge is 0.545 e. The number of rotatable bonds is 5. The van der Waals surface area contributed by atoms with E-state index in [1.165, 1.54) is 17.9 Å². The zero-order chi connectivity index (χ0) is 13.7. The predicted octanol–water partition coefficient (Wildman–Crippen LogP) is 2.51. The molecule has 0 N–H and O–H groups in total. The topological polar surface area (TPSA) is 40.1 Å². The van der Waals surface area contributed by atoms with Crippen LogP contribution in [0.4, 0.5) is 0 Å². The minimum atomic E-state index is -1.17. The standard InChI is InChI=1S/C14H17ClO2S/c1-4-18(5-2)12-7-6-11(13(15)9-12)8-10(3)14(16)17/h6-9H,4-5H2,1-3H3. The second-order valence-corrected chi connectivity index (χ2v) is 6.89. The van der Waals surface area contributed by atoms with Crippen LogP contribution in [0, 0.1) is 0 Å². The Morgan fingerprint density at radius 2 is 2.00 bits per heavy atom. The van der Waals surface area contributed by atoms with Crippen molar-refractivity contribution >= 4 is 34.5 Å². The summed E-state index contributed by atoms with van der Waals surface area (Å²) in [6.07, 6.45) is 1.54. The van der Waals surface area contributed by atoms with Crippen LogP contribution in [-0.2, 0) is 15.7 Å². The van der Waals surface area contributed by atoms with Crippen molar-refractivity contribution in [1.82, 2.24) is 0 Å². The summed E-state index contributed by atoms with van der Waals surface area (Å²) in [5.74, 6) is 1.03. The van der Waals surface area contributed by atoms with Gasteiger partial charge >= 0.3 is 0 Å². The summed E-state index contributed by atoms with van der Waals surface area (Å²) in [7, 11) is 0.224. The van der Waals surface area contributed by atoms with Gasteiger partial charge in [-0.1, -0.05) is 11.6 Å². The number of carbonyl (C=O) groups is 1. The molecule has 2 nitrogen and oxygen atoms in total. The number of halogens is 1. The van der Waals surface area contributed by atoms with E-state index < -0.39 is 5.97 Å². The molecular weight excluding hydrogens is 268 g/mol. The predicted molar refractivity (Wildman–Crippen MR) is 76.8 cm³/mol. The van der Waals surface area contributed by atoms with E-state index in [-0.39, 0.29) is 16.5 Å². The lowest BCUT2D eigenvalue weighted by molar-refractivity contribution is -0.299. The lowest BCUT2D eigenvalue weighted by Crippen LogP contribution is -2.22. The Labute approximate surface area is 116 Å². The van der Waals surface area contributed by atoms with Crippen LogP contribution in [0.25, 0.3) is 6.08 Å². The summed E-state index contributed by atoms with van der Waals surface area (Å²) in [6.45, 7) is 5.82. The van der Waals surface area contributed by atoms with Crippen LogP contribution in [-0.4, -0.2) is 17.5 Å².